The molecule has 4 aromatic rings. The number of hydrogen-bond acceptors (Lipinski definition) is 6. The minimum atomic E-state index is -0.310. The smallest absolute Gasteiger partial charge is 0.218 e. The van der Waals surface area contributed by atoms with Crippen LogP contribution in [-0.2, 0) is 11.3 Å². The molecule has 7 nitrogen and oxygen atoms in total. The zero-order valence-corrected chi connectivity index (χ0v) is 18.9. The van der Waals surface area contributed by atoms with E-state index in [4.69, 9.17) is 26.7 Å². The van der Waals surface area contributed by atoms with Gasteiger partial charge >= 0.3 is 0 Å². The van der Waals surface area contributed by atoms with Gasteiger partial charge < -0.3 is 20.1 Å². The molecule has 170 valence electrons. The van der Waals surface area contributed by atoms with Gasteiger partial charge in [-0.2, -0.15) is 4.98 Å². The predicted octanol–water partition coefficient (Wildman–Crippen LogP) is 4.18. The van der Waals surface area contributed by atoms with Crippen LogP contribution in [0, 0.1) is 11.7 Å². The van der Waals surface area contributed by atoms with Gasteiger partial charge in [0.05, 0.1) is 37.4 Å². The van der Waals surface area contributed by atoms with E-state index in [1.807, 2.05) is 22.6 Å². The zero-order valence-electron chi connectivity index (χ0n) is 18.0. The number of benzene rings is 1. The van der Waals surface area contributed by atoms with Crippen LogP contribution in [-0.4, -0.2) is 39.2 Å². The highest BCUT2D eigenvalue weighted by Crippen LogP contribution is 2.41. The number of aromatic nitrogens is 3. The van der Waals surface area contributed by atoms with Gasteiger partial charge in [0, 0.05) is 47.3 Å². The van der Waals surface area contributed by atoms with Crippen LogP contribution in [0.3, 0.4) is 0 Å². The lowest BCUT2D eigenvalue weighted by atomic mass is 9.88. The molecular formula is C25H20FN5O2S. The molecule has 3 aromatic heterocycles. The van der Waals surface area contributed by atoms with Crippen molar-refractivity contribution in [3.8, 4) is 17.1 Å². The number of nitrogens with zero attached hydrogens (tertiary/aromatic N) is 3. The maximum atomic E-state index is 13.6. The van der Waals surface area contributed by atoms with Crippen molar-refractivity contribution >= 4 is 34.4 Å². The fourth-order valence-corrected chi connectivity index (χ4v) is 5.50. The van der Waals surface area contributed by atoms with Crippen molar-refractivity contribution in [2.24, 2.45) is 5.92 Å². The van der Waals surface area contributed by atoms with Crippen molar-refractivity contribution in [2.45, 2.75) is 12.5 Å². The standard InChI is InChI=1S/C25H20FN5O2S/c26-14-5-6-31-20(9-27-22(31)7-14)15-1-3-19(23-17(15)8-28-25(23)34)29-21-4-2-16-18-12-32-10-13(18)11-33-24(16)30-21/h1-7,9,13,18H,8,10-12H2,(H,28,34)(H,29,30)/t13-,18+/m1/s1. The number of hydrogen-bond donors (Lipinski definition) is 2. The Morgan fingerprint density at radius 1 is 1.15 bits per heavy atom. The fourth-order valence-electron chi connectivity index (χ4n) is 5.20. The molecular weight excluding hydrogens is 453 g/mol. The van der Waals surface area contributed by atoms with Gasteiger partial charge in [-0.1, -0.05) is 18.3 Å². The fraction of sp³-hybridized carbons (Fsp3) is 0.240. The number of rotatable bonds is 3. The van der Waals surface area contributed by atoms with Crippen LogP contribution >= 0.6 is 12.2 Å². The quantitative estimate of drug-likeness (QED) is 0.433. The summed E-state index contributed by atoms with van der Waals surface area (Å²) in [6.45, 7) is 2.71. The molecule has 3 aliphatic rings. The molecule has 0 spiro atoms. The number of halogens is 1. The number of pyridine rings is 2. The molecule has 3 aliphatic heterocycles. The summed E-state index contributed by atoms with van der Waals surface area (Å²) in [6, 6.07) is 11.0. The number of fused-ring (bicyclic) bond motifs is 5. The summed E-state index contributed by atoms with van der Waals surface area (Å²) in [4.78, 5) is 9.79. The molecule has 34 heavy (non-hydrogen) atoms. The van der Waals surface area contributed by atoms with Gasteiger partial charge in [0.25, 0.3) is 0 Å². The number of imidazole rings is 1. The second-order valence-electron chi connectivity index (χ2n) is 8.84. The Labute approximate surface area is 199 Å². The van der Waals surface area contributed by atoms with Crippen molar-refractivity contribution in [1.82, 2.24) is 19.7 Å². The molecule has 0 unspecified atom stereocenters. The van der Waals surface area contributed by atoms with Crippen molar-refractivity contribution < 1.29 is 13.9 Å². The molecule has 2 atom stereocenters. The highest BCUT2D eigenvalue weighted by molar-refractivity contribution is 7.80. The molecule has 2 N–H and O–H groups in total. The highest BCUT2D eigenvalue weighted by atomic mass is 32.1. The molecule has 0 aliphatic carbocycles. The average Bonchev–Trinajstić information content (AvgIpc) is 3.58. The lowest BCUT2D eigenvalue weighted by Crippen LogP contribution is -2.25. The van der Waals surface area contributed by atoms with Crippen LogP contribution in [0.4, 0.5) is 15.9 Å². The first-order valence-electron chi connectivity index (χ1n) is 11.2. The van der Waals surface area contributed by atoms with Crippen LogP contribution < -0.4 is 15.4 Å². The van der Waals surface area contributed by atoms with Crippen LogP contribution in [0.5, 0.6) is 5.88 Å². The second kappa shape index (κ2) is 7.48. The van der Waals surface area contributed by atoms with Gasteiger partial charge in [-0.05, 0) is 29.8 Å². The summed E-state index contributed by atoms with van der Waals surface area (Å²) in [5, 5.41) is 6.73. The Kier molecular flexibility index (Phi) is 4.37. The first kappa shape index (κ1) is 19.9. The first-order valence-corrected chi connectivity index (χ1v) is 11.6. The Hall–Kier alpha value is -3.56. The van der Waals surface area contributed by atoms with Crippen molar-refractivity contribution in [3.05, 3.63) is 71.3 Å². The maximum absolute atomic E-state index is 13.6. The van der Waals surface area contributed by atoms with E-state index in [1.54, 1.807) is 12.4 Å². The van der Waals surface area contributed by atoms with Gasteiger partial charge in [-0.25, -0.2) is 9.37 Å². The number of thiocarbonyl (C=S) groups is 1. The summed E-state index contributed by atoms with van der Waals surface area (Å²) in [5.74, 6) is 1.82. The SMILES string of the molecule is Fc1ccn2c(-c3ccc(Nc4ccc5c(n4)OC[C@H]4COC[C@H]54)c4c3CNC4=S)cnc2c1. The second-order valence-corrected chi connectivity index (χ2v) is 9.25. The van der Waals surface area contributed by atoms with E-state index >= 15 is 0 Å². The minimum absolute atomic E-state index is 0.310. The largest absolute Gasteiger partial charge is 0.477 e. The van der Waals surface area contributed by atoms with Crippen LogP contribution in [0.15, 0.2) is 48.8 Å². The number of nitrogens with one attached hydrogen (secondary N) is 2. The lowest BCUT2D eigenvalue weighted by molar-refractivity contribution is 0.164. The molecule has 0 amide bonds. The molecule has 9 heteroatoms. The lowest BCUT2D eigenvalue weighted by Gasteiger charge is -2.26. The van der Waals surface area contributed by atoms with Crippen molar-refractivity contribution in [1.29, 1.82) is 0 Å². The van der Waals surface area contributed by atoms with Gasteiger partial charge in [0.15, 0.2) is 0 Å². The first-order chi connectivity index (χ1) is 16.7. The Balaban J connectivity index is 1.27. The molecule has 1 saturated heterocycles. The number of ether oxygens (including phenoxy) is 2. The molecule has 0 saturated carbocycles. The molecule has 0 bridgehead atoms. The Morgan fingerprint density at radius 3 is 3.03 bits per heavy atom. The molecule has 1 aromatic carbocycles. The molecule has 7 rings (SSSR count). The van der Waals surface area contributed by atoms with Crippen LogP contribution in [0.2, 0.25) is 0 Å². The monoisotopic (exact) mass is 473 g/mol. The third kappa shape index (κ3) is 3.00. The van der Waals surface area contributed by atoms with Gasteiger partial charge in [-0.3, -0.25) is 4.40 Å². The van der Waals surface area contributed by atoms with E-state index in [0.29, 0.717) is 47.3 Å². The third-order valence-electron chi connectivity index (χ3n) is 6.90. The molecule has 6 heterocycles. The van der Waals surface area contributed by atoms with E-state index in [-0.39, 0.29) is 5.82 Å². The van der Waals surface area contributed by atoms with Gasteiger partial charge in [0.2, 0.25) is 5.88 Å². The van der Waals surface area contributed by atoms with E-state index in [1.165, 1.54) is 12.1 Å². The average molecular weight is 474 g/mol. The van der Waals surface area contributed by atoms with E-state index in [0.717, 1.165) is 46.8 Å². The Morgan fingerprint density at radius 2 is 2.09 bits per heavy atom. The minimum Gasteiger partial charge on any atom is -0.477 e. The van der Waals surface area contributed by atoms with Gasteiger partial charge in [0.1, 0.15) is 22.3 Å². The molecule has 0 radical (unpaired) electrons. The van der Waals surface area contributed by atoms with Crippen LogP contribution in [0.25, 0.3) is 16.9 Å². The summed E-state index contributed by atoms with van der Waals surface area (Å²) < 4.78 is 27.1. The van der Waals surface area contributed by atoms with Crippen molar-refractivity contribution in [2.75, 3.05) is 25.1 Å². The topological polar surface area (TPSA) is 72.7 Å². The maximum Gasteiger partial charge on any atom is 0.218 e. The van der Waals surface area contributed by atoms with E-state index < -0.39 is 0 Å². The highest BCUT2D eigenvalue weighted by Gasteiger charge is 2.36. The third-order valence-corrected chi connectivity index (χ3v) is 7.25. The Bertz CT molecular complexity index is 1490. The van der Waals surface area contributed by atoms with Crippen molar-refractivity contribution in [3.63, 3.8) is 0 Å². The zero-order chi connectivity index (χ0) is 22.8. The molecule has 1 fully saturated rings. The number of anilines is 2. The summed E-state index contributed by atoms with van der Waals surface area (Å²) in [5.41, 5.74) is 6.45. The van der Waals surface area contributed by atoms with Crippen LogP contribution in [0.1, 0.15) is 22.6 Å². The van der Waals surface area contributed by atoms with E-state index in [9.17, 15) is 4.39 Å². The normalized spacial score (nSPS) is 20.4. The predicted molar refractivity (Wildman–Crippen MR) is 129 cm³/mol. The summed E-state index contributed by atoms with van der Waals surface area (Å²) >= 11 is 5.65. The summed E-state index contributed by atoms with van der Waals surface area (Å²) in [7, 11) is 0. The summed E-state index contributed by atoms with van der Waals surface area (Å²) in [6.07, 6.45) is 3.46. The van der Waals surface area contributed by atoms with E-state index in [2.05, 4.69) is 21.7 Å². The van der Waals surface area contributed by atoms with Gasteiger partial charge in [-0.15, -0.1) is 0 Å².